The number of hydrogen-bond acceptors (Lipinski definition) is 4. The van der Waals surface area contributed by atoms with Gasteiger partial charge in [0.1, 0.15) is 5.75 Å². The lowest BCUT2D eigenvalue weighted by Gasteiger charge is -2.14. The summed E-state index contributed by atoms with van der Waals surface area (Å²) in [4.78, 5) is 13.2. The molecule has 0 saturated heterocycles. The molecule has 0 radical (unpaired) electrons. The van der Waals surface area contributed by atoms with E-state index in [1.54, 1.807) is 31.4 Å². The third kappa shape index (κ3) is 3.26. The second-order valence-electron chi connectivity index (χ2n) is 4.09. The number of hydrogen-bond donors (Lipinski definition) is 2. The normalized spacial score (nSPS) is 11.9. The first-order chi connectivity index (χ1) is 9.10. The van der Waals surface area contributed by atoms with Crippen molar-refractivity contribution in [2.24, 2.45) is 0 Å². The highest BCUT2D eigenvalue weighted by atomic mass is 32.1. The summed E-state index contributed by atoms with van der Waals surface area (Å²) in [6.07, 6.45) is 0. The highest BCUT2D eigenvalue weighted by Gasteiger charge is 2.21. The summed E-state index contributed by atoms with van der Waals surface area (Å²) < 4.78 is 5.07. The van der Waals surface area contributed by atoms with E-state index in [0.717, 1.165) is 21.2 Å². The number of carboxylic acid groups (broad SMARTS) is 1. The van der Waals surface area contributed by atoms with Gasteiger partial charge in [-0.2, -0.15) is 0 Å². The molecule has 100 valence electrons. The van der Waals surface area contributed by atoms with Crippen LogP contribution in [-0.2, 0) is 4.79 Å². The lowest BCUT2D eigenvalue weighted by molar-refractivity contribution is -0.138. The second kappa shape index (κ2) is 5.75. The standard InChI is InChI=1S/C14H15NO3S/c1-9-3-8-12(19-9)13(14(16)17)15-10-4-6-11(18-2)7-5-10/h3-8,13,15H,1-2H3,(H,16,17). The van der Waals surface area contributed by atoms with Gasteiger partial charge in [0.05, 0.1) is 7.11 Å². The van der Waals surface area contributed by atoms with E-state index < -0.39 is 12.0 Å². The van der Waals surface area contributed by atoms with Gasteiger partial charge in [-0.15, -0.1) is 11.3 Å². The van der Waals surface area contributed by atoms with Crippen molar-refractivity contribution in [2.45, 2.75) is 13.0 Å². The minimum absolute atomic E-state index is 0.730. The van der Waals surface area contributed by atoms with Gasteiger partial charge in [-0.25, -0.2) is 4.79 Å². The number of benzene rings is 1. The van der Waals surface area contributed by atoms with Crippen molar-refractivity contribution in [3.63, 3.8) is 0 Å². The fourth-order valence-corrected chi connectivity index (χ4v) is 2.64. The number of thiophene rings is 1. The minimum atomic E-state index is -0.891. The number of aliphatic carboxylic acids is 1. The number of methoxy groups -OCH3 is 1. The van der Waals surface area contributed by atoms with Gasteiger partial charge in [-0.3, -0.25) is 0 Å². The second-order valence-corrected chi connectivity index (χ2v) is 5.41. The van der Waals surface area contributed by atoms with Crippen LogP contribution in [0.2, 0.25) is 0 Å². The average molecular weight is 277 g/mol. The Morgan fingerprint density at radius 1 is 1.26 bits per heavy atom. The highest BCUT2D eigenvalue weighted by Crippen LogP contribution is 2.27. The molecule has 2 rings (SSSR count). The molecule has 1 aromatic heterocycles. The summed E-state index contributed by atoms with van der Waals surface area (Å²) >= 11 is 1.48. The molecule has 0 aliphatic rings. The van der Waals surface area contributed by atoms with E-state index in [0.29, 0.717) is 0 Å². The van der Waals surface area contributed by atoms with Crippen LogP contribution in [0.25, 0.3) is 0 Å². The lowest BCUT2D eigenvalue weighted by Crippen LogP contribution is -2.19. The van der Waals surface area contributed by atoms with Crippen molar-refractivity contribution < 1.29 is 14.6 Å². The number of carboxylic acids is 1. The summed E-state index contributed by atoms with van der Waals surface area (Å²) in [7, 11) is 1.59. The summed E-state index contributed by atoms with van der Waals surface area (Å²) in [5.41, 5.74) is 0.749. The number of carbonyl (C=O) groups is 1. The molecule has 0 aliphatic heterocycles. The van der Waals surface area contributed by atoms with Gasteiger partial charge in [-0.05, 0) is 43.3 Å². The molecule has 0 saturated carbocycles. The van der Waals surface area contributed by atoms with Gasteiger partial charge in [0.25, 0.3) is 0 Å². The Bertz CT molecular complexity index is 562. The molecule has 0 aliphatic carbocycles. The van der Waals surface area contributed by atoms with E-state index in [9.17, 15) is 9.90 Å². The zero-order valence-corrected chi connectivity index (χ0v) is 11.5. The molecule has 0 amide bonds. The van der Waals surface area contributed by atoms with Crippen LogP contribution in [0, 0.1) is 6.92 Å². The average Bonchev–Trinajstić information content (AvgIpc) is 2.82. The van der Waals surface area contributed by atoms with Gasteiger partial charge in [-0.1, -0.05) is 0 Å². The van der Waals surface area contributed by atoms with Crippen LogP contribution in [0.3, 0.4) is 0 Å². The Morgan fingerprint density at radius 2 is 1.95 bits per heavy atom. The van der Waals surface area contributed by atoms with Crippen LogP contribution in [0.5, 0.6) is 5.75 Å². The molecule has 1 heterocycles. The first-order valence-electron chi connectivity index (χ1n) is 5.80. The maximum absolute atomic E-state index is 11.4. The largest absolute Gasteiger partial charge is 0.497 e. The van der Waals surface area contributed by atoms with Crippen LogP contribution < -0.4 is 10.1 Å². The van der Waals surface area contributed by atoms with E-state index in [1.807, 2.05) is 19.1 Å². The molecular formula is C14H15NO3S. The van der Waals surface area contributed by atoms with E-state index in [-0.39, 0.29) is 0 Å². The van der Waals surface area contributed by atoms with Gasteiger partial charge in [0, 0.05) is 15.4 Å². The van der Waals surface area contributed by atoms with E-state index >= 15 is 0 Å². The first-order valence-corrected chi connectivity index (χ1v) is 6.61. The van der Waals surface area contributed by atoms with Crippen molar-refractivity contribution in [1.82, 2.24) is 0 Å². The molecule has 19 heavy (non-hydrogen) atoms. The molecule has 0 fully saturated rings. The Labute approximate surface area is 115 Å². The van der Waals surface area contributed by atoms with Crippen LogP contribution in [0.15, 0.2) is 36.4 Å². The van der Waals surface area contributed by atoms with Gasteiger partial charge in [0.2, 0.25) is 0 Å². The van der Waals surface area contributed by atoms with Crippen molar-refractivity contribution in [2.75, 3.05) is 12.4 Å². The van der Waals surface area contributed by atoms with E-state index in [2.05, 4.69) is 5.32 Å². The molecular weight excluding hydrogens is 262 g/mol. The Kier molecular flexibility index (Phi) is 4.06. The van der Waals surface area contributed by atoms with Gasteiger partial charge < -0.3 is 15.2 Å². The number of ether oxygens (including phenoxy) is 1. The maximum atomic E-state index is 11.4. The van der Waals surface area contributed by atoms with Crippen LogP contribution in [-0.4, -0.2) is 18.2 Å². The Balaban J connectivity index is 2.18. The first kappa shape index (κ1) is 13.4. The topological polar surface area (TPSA) is 58.6 Å². The molecule has 2 aromatic rings. The molecule has 1 aromatic carbocycles. The van der Waals surface area contributed by atoms with Crippen LogP contribution in [0.4, 0.5) is 5.69 Å². The SMILES string of the molecule is COc1ccc(NC(C(=O)O)c2ccc(C)s2)cc1. The molecule has 5 heteroatoms. The monoisotopic (exact) mass is 277 g/mol. The quantitative estimate of drug-likeness (QED) is 0.880. The van der Waals surface area contributed by atoms with Gasteiger partial charge >= 0.3 is 5.97 Å². The summed E-state index contributed by atoms with van der Waals surface area (Å²) in [5.74, 6) is -0.151. The maximum Gasteiger partial charge on any atom is 0.331 e. The fraction of sp³-hybridized carbons (Fsp3) is 0.214. The zero-order valence-electron chi connectivity index (χ0n) is 10.7. The predicted molar refractivity (Wildman–Crippen MR) is 76.0 cm³/mol. The predicted octanol–water partition coefficient (Wildman–Crippen LogP) is 3.30. The molecule has 4 nitrogen and oxygen atoms in total. The highest BCUT2D eigenvalue weighted by molar-refractivity contribution is 7.12. The summed E-state index contributed by atoms with van der Waals surface area (Å²) in [5, 5.41) is 12.3. The van der Waals surface area contributed by atoms with E-state index in [4.69, 9.17) is 4.74 Å². The zero-order chi connectivity index (χ0) is 13.8. The molecule has 1 unspecified atom stereocenters. The fourth-order valence-electron chi connectivity index (χ4n) is 1.72. The molecule has 0 bridgehead atoms. The van der Waals surface area contributed by atoms with Crippen LogP contribution >= 0.6 is 11.3 Å². The lowest BCUT2D eigenvalue weighted by atomic mass is 10.2. The number of anilines is 1. The van der Waals surface area contributed by atoms with Crippen molar-refractivity contribution in [3.8, 4) is 5.75 Å². The molecule has 2 N–H and O–H groups in total. The Morgan fingerprint density at radius 3 is 2.42 bits per heavy atom. The number of rotatable bonds is 5. The van der Waals surface area contributed by atoms with Crippen molar-refractivity contribution >= 4 is 23.0 Å². The summed E-state index contributed by atoms with van der Waals surface area (Å²) in [6, 6.07) is 10.2. The third-order valence-corrected chi connectivity index (χ3v) is 3.76. The summed E-state index contributed by atoms with van der Waals surface area (Å²) in [6.45, 7) is 1.96. The third-order valence-electron chi connectivity index (χ3n) is 2.69. The molecule has 0 spiro atoms. The number of aryl methyl sites for hydroxylation is 1. The smallest absolute Gasteiger partial charge is 0.331 e. The van der Waals surface area contributed by atoms with Crippen molar-refractivity contribution in [1.29, 1.82) is 0 Å². The Hall–Kier alpha value is -2.01. The van der Waals surface area contributed by atoms with Crippen LogP contribution in [0.1, 0.15) is 15.8 Å². The minimum Gasteiger partial charge on any atom is -0.497 e. The molecule has 1 atom stereocenters. The van der Waals surface area contributed by atoms with E-state index in [1.165, 1.54) is 11.3 Å². The van der Waals surface area contributed by atoms with Gasteiger partial charge in [0.15, 0.2) is 6.04 Å². The number of nitrogens with one attached hydrogen (secondary N) is 1. The van der Waals surface area contributed by atoms with Crippen molar-refractivity contribution in [3.05, 3.63) is 46.2 Å².